The molecule has 0 saturated carbocycles. The molecule has 0 aromatic heterocycles. The first kappa shape index (κ1) is 22.9. The van der Waals surface area contributed by atoms with E-state index in [1.54, 1.807) is 48.5 Å². The number of ether oxygens (including phenoxy) is 2. The van der Waals surface area contributed by atoms with Gasteiger partial charge in [-0.3, -0.25) is 20.4 Å². The Bertz CT molecular complexity index is 1020. The fraction of sp³-hybridized carbons (Fsp3) is 0.231. The molecule has 0 radical (unpaired) electrons. The standard InChI is InChI=1S/C26H28N2O4/c1-19(2)15-16-31-24-10-6-9-22(17-24)26(30)28-27-25(29)21-11-13-23(14-12-21)32-18-20-7-4-3-5-8-20/h3-14,17,19H,15-16,18H2,1-2H3,(H,27,29)(H,28,30). The molecule has 2 amide bonds. The van der Waals surface area contributed by atoms with Crippen molar-refractivity contribution in [3.05, 3.63) is 95.6 Å². The van der Waals surface area contributed by atoms with Crippen LogP contribution in [-0.4, -0.2) is 18.4 Å². The first-order valence-corrected chi connectivity index (χ1v) is 10.6. The van der Waals surface area contributed by atoms with Gasteiger partial charge in [-0.2, -0.15) is 0 Å². The van der Waals surface area contributed by atoms with Gasteiger partial charge in [-0.25, -0.2) is 0 Å². The Labute approximate surface area is 188 Å². The smallest absolute Gasteiger partial charge is 0.269 e. The van der Waals surface area contributed by atoms with Crippen molar-refractivity contribution in [2.24, 2.45) is 5.92 Å². The van der Waals surface area contributed by atoms with Crippen molar-refractivity contribution in [1.29, 1.82) is 0 Å². The number of amides is 2. The normalized spacial score (nSPS) is 10.5. The molecule has 0 atom stereocenters. The van der Waals surface area contributed by atoms with Crippen molar-refractivity contribution in [2.45, 2.75) is 26.9 Å². The van der Waals surface area contributed by atoms with Crippen LogP contribution in [0.15, 0.2) is 78.9 Å². The first-order valence-electron chi connectivity index (χ1n) is 10.6. The fourth-order valence-electron chi connectivity index (χ4n) is 2.84. The number of benzene rings is 3. The van der Waals surface area contributed by atoms with Crippen LogP contribution in [0.25, 0.3) is 0 Å². The molecule has 0 aliphatic heterocycles. The van der Waals surface area contributed by atoms with Crippen LogP contribution >= 0.6 is 0 Å². The number of hydrogen-bond acceptors (Lipinski definition) is 4. The third-order valence-corrected chi connectivity index (χ3v) is 4.71. The highest BCUT2D eigenvalue weighted by atomic mass is 16.5. The average molecular weight is 433 g/mol. The second kappa shape index (κ2) is 11.6. The third-order valence-electron chi connectivity index (χ3n) is 4.71. The topological polar surface area (TPSA) is 76.7 Å². The van der Waals surface area contributed by atoms with Crippen molar-refractivity contribution in [2.75, 3.05) is 6.61 Å². The summed E-state index contributed by atoms with van der Waals surface area (Å²) in [6.45, 7) is 5.29. The SMILES string of the molecule is CC(C)CCOc1cccc(C(=O)NNC(=O)c2ccc(OCc3ccccc3)cc2)c1. The van der Waals surface area contributed by atoms with Crippen LogP contribution in [0, 0.1) is 5.92 Å². The Morgan fingerprint density at radius 1 is 0.750 bits per heavy atom. The highest BCUT2D eigenvalue weighted by molar-refractivity contribution is 5.99. The van der Waals surface area contributed by atoms with Gasteiger partial charge >= 0.3 is 0 Å². The minimum atomic E-state index is -0.421. The maximum atomic E-state index is 12.4. The summed E-state index contributed by atoms with van der Waals surface area (Å²) in [6, 6.07) is 23.4. The summed E-state index contributed by atoms with van der Waals surface area (Å²) >= 11 is 0. The molecule has 166 valence electrons. The number of nitrogens with one attached hydrogen (secondary N) is 2. The van der Waals surface area contributed by atoms with Gasteiger partial charge in [0.2, 0.25) is 0 Å². The van der Waals surface area contributed by atoms with E-state index in [1.807, 2.05) is 30.3 Å². The maximum absolute atomic E-state index is 12.4. The Kier molecular flexibility index (Phi) is 8.26. The maximum Gasteiger partial charge on any atom is 0.269 e. The zero-order valence-electron chi connectivity index (χ0n) is 18.3. The van der Waals surface area contributed by atoms with E-state index in [9.17, 15) is 9.59 Å². The lowest BCUT2D eigenvalue weighted by Crippen LogP contribution is -2.41. The number of rotatable bonds is 9. The van der Waals surface area contributed by atoms with Crippen LogP contribution in [0.5, 0.6) is 11.5 Å². The van der Waals surface area contributed by atoms with E-state index in [0.717, 1.165) is 12.0 Å². The minimum Gasteiger partial charge on any atom is -0.494 e. The lowest BCUT2D eigenvalue weighted by atomic mass is 10.1. The largest absolute Gasteiger partial charge is 0.494 e. The van der Waals surface area contributed by atoms with Gasteiger partial charge in [-0.1, -0.05) is 50.2 Å². The zero-order valence-corrected chi connectivity index (χ0v) is 18.3. The monoisotopic (exact) mass is 432 g/mol. The van der Waals surface area contributed by atoms with Gasteiger partial charge in [0.15, 0.2) is 0 Å². The van der Waals surface area contributed by atoms with E-state index in [-0.39, 0.29) is 0 Å². The number of hydrogen-bond donors (Lipinski definition) is 2. The molecule has 0 heterocycles. The average Bonchev–Trinajstić information content (AvgIpc) is 2.82. The van der Waals surface area contributed by atoms with E-state index in [4.69, 9.17) is 9.47 Å². The van der Waals surface area contributed by atoms with Crippen LogP contribution in [0.1, 0.15) is 46.5 Å². The van der Waals surface area contributed by atoms with Crippen LogP contribution in [-0.2, 0) is 6.61 Å². The van der Waals surface area contributed by atoms with Gasteiger partial charge in [0.1, 0.15) is 18.1 Å². The molecule has 0 aliphatic carbocycles. The van der Waals surface area contributed by atoms with Crippen molar-refractivity contribution < 1.29 is 19.1 Å². The highest BCUT2D eigenvalue weighted by Gasteiger charge is 2.10. The molecule has 0 aliphatic rings. The van der Waals surface area contributed by atoms with Crippen LogP contribution in [0.3, 0.4) is 0 Å². The Morgan fingerprint density at radius 2 is 1.44 bits per heavy atom. The molecule has 0 saturated heterocycles. The molecule has 6 heteroatoms. The summed E-state index contributed by atoms with van der Waals surface area (Å²) < 4.78 is 11.4. The van der Waals surface area contributed by atoms with E-state index in [1.165, 1.54) is 0 Å². The highest BCUT2D eigenvalue weighted by Crippen LogP contribution is 2.15. The summed E-state index contributed by atoms with van der Waals surface area (Å²) in [6.07, 6.45) is 0.933. The van der Waals surface area contributed by atoms with Crippen molar-refractivity contribution in [3.8, 4) is 11.5 Å². The summed E-state index contributed by atoms with van der Waals surface area (Å²) in [5.74, 6) is 0.980. The molecule has 0 unspecified atom stereocenters. The number of hydrazine groups is 1. The van der Waals surface area contributed by atoms with Gasteiger partial charge in [0.05, 0.1) is 6.61 Å². The quantitative estimate of drug-likeness (QED) is 0.478. The predicted octanol–water partition coefficient (Wildman–Crippen LogP) is 4.77. The molecule has 32 heavy (non-hydrogen) atoms. The number of carbonyl (C=O) groups is 2. The third kappa shape index (κ3) is 7.16. The Balaban J connectivity index is 1.48. The summed E-state index contributed by atoms with van der Waals surface area (Å²) in [7, 11) is 0. The lowest BCUT2D eigenvalue weighted by molar-refractivity contribution is 0.0846. The summed E-state index contributed by atoms with van der Waals surface area (Å²) in [5, 5.41) is 0. The molecule has 3 rings (SSSR count). The van der Waals surface area contributed by atoms with Gasteiger partial charge in [-0.15, -0.1) is 0 Å². The minimum absolute atomic E-state index is 0.400. The van der Waals surface area contributed by atoms with Gasteiger partial charge in [0.25, 0.3) is 11.8 Å². The predicted molar refractivity (Wildman–Crippen MR) is 124 cm³/mol. The Hall–Kier alpha value is -3.80. The summed E-state index contributed by atoms with van der Waals surface area (Å²) in [5.41, 5.74) is 6.73. The van der Waals surface area contributed by atoms with E-state index >= 15 is 0 Å². The molecular formula is C26H28N2O4. The van der Waals surface area contributed by atoms with Crippen LogP contribution < -0.4 is 20.3 Å². The van der Waals surface area contributed by atoms with Gasteiger partial charge < -0.3 is 9.47 Å². The molecule has 3 aromatic carbocycles. The second-order valence-electron chi connectivity index (χ2n) is 7.77. The molecule has 3 aromatic rings. The van der Waals surface area contributed by atoms with Crippen LogP contribution in [0.4, 0.5) is 0 Å². The van der Waals surface area contributed by atoms with Gasteiger partial charge in [-0.05, 0) is 60.4 Å². The molecule has 2 N–H and O–H groups in total. The summed E-state index contributed by atoms with van der Waals surface area (Å²) in [4.78, 5) is 24.7. The molecule has 6 nitrogen and oxygen atoms in total. The molecular weight excluding hydrogens is 404 g/mol. The lowest BCUT2D eigenvalue weighted by Gasteiger charge is -2.11. The van der Waals surface area contributed by atoms with E-state index in [2.05, 4.69) is 24.7 Å². The van der Waals surface area contributed by atoms with Crippen molar-refractivity contribution in [3.63, 3.8) is 0 Å². The molecule has 0 fully saturated rings. The van der Waals surface area contributed by atoms with E-state index < -0.39 is 11.8 Å². The van der Waals surface area contributed by atoms with Crippen LogP contribution in [0.2, 0.25) is 0 Å². The van der Waals surface area contributed by atoms with Crippen molar-refractivity contribution >= 4 is 11.8 Å². The Morgan fingerprint density at radius 3 is 2.12 bits per heavy atom. The number of carbonyl (C=O) groups excluding carboxylic acids is 2. The fourth-order valence-corrected chi connectivity index (χ4v) is 2.84. The van der Waals surface area contributed by atoms with E-state index in [0.29, 0.717) is 41.8 Å². The second-order valence-corrected chi connectivity index (χ2v) is 7.77. The first-order chi connectivity index (χ1) is 15.5. The molecule has 0 spiro atoms. The van der Waals surface area contributed by atoms with Gasteiger partial charge in [0, 0.05) is 11.1 Å². The zero-order chi connectivity index (χ0) is 22.8. The molecule has 0 bridgehead atoms. The van der Waals surface area contributed by atoms with Crippen molar-refractivity contribution in [1.82, 2.24) is 10.9 Å².